The van der Waals surface area contributed by atoms with Gasteiger partial charge in [0.05, 0.1) is 25.7 Å². The van der Waals surface area contributed by atoms with Crippen LogP contribution in [0.4, 0.5) is 23.7 Å². The van der Waals surface area contributed by atoms with Gasteiger partial charge in [-0.3, -0.25) is 4.90 Å². The third-order valence-electron chi connectivity index (χ3n) is 4.75. The minimum absolute atomic E-state index is 0.284. The van der Waals surface area contributed by atoms with Crippen LogP contribution >= 0.6 is 0 Å². The number of cyclic esters (lactones) is 1. The zero-order valence-corrected chi connectivity index (χ0v) is 16.2. The largest absolute Gasteiger partial charge is 0.493 e. The molecule has 2 aromatic rings. The van der Waals surface area contributed by atoms with E-state index in [0.29, 0.717) is 23.5 Å². The van der Waals surface area contributed by atoms with Gasteiger partial charge in [-0.05, 0) is 29.8 Å². The number of carbonyl (C=O) groups is 1. The van der Waals surface area contributed by atoms with Crippen molar-refractivity contribution in [3.05, 3.63) is 60.2 Å². The number of rotatable bonds is 8. The van der Waals surface area contributed by atoms with Gasteiger partial charge in [-0.25, -0.2) is 4.79 Å². The summed E-state index contributed by atoms with van der Waals surface area (Å²) in [6.07, 6.45) is -8.20. The summed E-state index contributed by atoms with van der Waals surface area (Å²) >= 11 is 0. The molecular weight excluding hydrogens is 403 g/mol. The molecule has 162 valence electrons. The van der Waals surface area contributed by atoms with E-state index in [1.165, 1.54) is 24.1 Å². The number of anilines is 1. The van der Waals surface area contributed by atoms with Crippen LogP contribution in [0.1, 0.15) is 11.5 Å². The van der Waals surface area contributed by atoms with E-state index in [4.69, 9.17) is 14.2 Å². The normalized spacial score (nSPS) is 18.8. The summed E-state index contributed by atoms with van der Waals surface area (Å²) in [5.74, 6) is -0.968. The lowest BCUT2D eigenvalue weighted by Crippen LogP contribution is -2.37. The number of ether oxygens (including phenoxy) is 3. The van der Waals surface area contributed by atoms with Gasteiger partial charge in [-0.2, -0.15) is 13.2 Å². The molecule has 1 heterocycles. The number of halogens is 3. The van der Waals surface area contributed by atoms with Gasteiger partial charge in [0.1, 0.15) is 11.9 Å². The van der Waals surface area contributed by atoms with Crippen molar-refractivity contribution >= 4 is 11.8 Å². The molecule has 9 heteroatoms. The van der Waals surface area contributed by atoms with Crippen molar-refractivity contribution in [3.63, 3.8) is 0 Å². The Hall–Kier alpha value is -2.78. The lowest BCUT2D eigenvalue weighted by Gasteiger charge is -2.25. The van der Waals surface area contributed by atoms with Crippen molar-refractivity contribution in [1.82, 2.24) is 0 Å². The highest BCUT2D eigenvalue weighted by Gasteiger charge is 2.44. The van der Waals surface area contributed by atoms with Crippen LogP contribution in [0.3, 0.4) is 0 Å². The number of methoxy groups -OCH3 is 1. The quantitative estimate of drug-likeness (QED) is 0.698. The minimum atomic E-state index is -4.78. The molecule has 2 aromatic carbocycles. The zero-order valence-electron chi connectivity index (χ0n) is 16.2. The Kier molecular flexibility index (Phi) is 6.84. The van der Waals surface area contributed by atoms with Crippen molar-refractivity contribution in [2.45, 2.75) is 24.3 Å². The number of nitrogens with zero attached hydrogens (tertiary/aromatic N) is 1. The van der Waals surface area contributed by atoms with Crippen molar-refractivity contribution < 1.29 is 37.3 Å². The SMILES string of the molecule is COC[C@H]1CN(c2ccc(OCC(c3ccccc3)C(O)C(F)(F)F)cc2)C(=O)O1. The molecular formula is C21H22F3NO5. The Labute approximate surface area is 171 Å². The lowest BCUT2D eigenvalue weighted by molar-refractivity contribution is -0.212. The molecule has 1 fully saturated rings. The van der Waals surface area contributed by atoms with E-state index in [-0.39, 0.29) is 19.3 Å². The number of aliphatic hydroxyl groups is 1. The minimum Gasteiger partial charge on any atom is -0.493 e. The van der Waals surface area contributed by atoms with Gasteiger partial charge >= 0.3 is 12.3 Å². The average Bonchev–Trinajstić information content (AvgIpc) is 3.09. The highest BCUT2D eigenvalue weighted by molar-refractivity contribution is 5.89. The summed E-state index contributed by atoms with van der Waals surface area (Å²) in [6.45, 7) is 0.248. The maximum absolute atomic E-state index is 13.1. The van der Waals surface area contributed by atoms with Crippen LogP contribution in [0.5, 0.6) is 5.75 Å². The first-order valence-corrected chi connectivity index (χ1v) is 9.29. The first-order valence-electron chi connectivity index (χ1n) is 9.29. The second-order valence-electron chi connectivity index (χ2n) is 6.88. The molecule has 0 aromatic heterocycles. The fourth-order valence-corrected chi connectivity index (χ4v) is 3.21. The van der Waals surface area contributed by atoms with Crippen molar-refractivity contribution in [3.8, 4) is 5.75 Å². The summed E-state index contributed by atoms with van der Waals surface area (Å²) in [7, 11) is 1.51. The van der Waals surface area contributed by atoms with Crippen molar-refractivity contribution in [2.24, 2.45) is 0 Å². The maximum Gasteiger partial charge on any atom is 0.415 e. The molecule has 1 aliphatic rings. The summed E-state index contributed by atoms with van der Waals surface area (Å²) in [5, 5.41) is 9.79. The molecule has 0 bridgehead atoms. The Morgan fingerprint density at radius 1 is 1.17 bits per heavy atom. The summed E-state index contributed by atoms with van der Waals surface area (Å²) in [5.41, 5.74) is 0.892. The molecule has 6 nitrogen and oxygen atoms in total. The van der Waals surface area contributed by atoms with E-state index in [1.807, 2.05) is 0 Å². The highest BCUT2D eigenvalue weighted by atomic mass is 19.4. The first kappa shape index (κ1) is 21.9. The molecule has 1 N–H and O–H groups in total. The fourth-order valence-electron chi connectivity index (χ4n) is 3.21. The van der Waals surface area contributed by atoms with E-state index in [1.54, 1.807) is 42.5 Å². The molecule has 0 spiro atoms. The maximum atomic E-state index is 13.1. The Bertz CT molecular complexity index is 829. The van der Waals surface area contributed by atoms with Gasteiger partial charge in [0.15, 0.2) is 6.10 Å². The fraction of sp³-hybridized carbons (Fsp3) is 0.381. The third-order valence-corrected chi connectivity index (χ3v) is 4.75. The molecule has 0 saturated carbocycles. The Morgan fingerprint density at radius 2 is 1.83 bits per heavy atom. The van der Waals surface area contributed by atoms with Gasteiger partial charge in [0.25, 0.3) is 0 Å². The molecule has 2 unspecified atom stereocenters. The molecule has 1 saturated heterocycles. The summed E-state index contributed by atoms with van der Waals surface area (Å²) in [6, 6.07) is 14.2. The summed E-state index contributed by atoms with van der Waals surface area (Å²) < 4.78 is 55.0. The van der Waals surface area contributed by atoms with E-state index in [2.05, 4.69) is 0 Å². The van der Waals surface area contributed by atoms with Crippen molar-refractivity contribution in [1.29, 1.82) is 0 Å². The Morgan fingerprint density at radius 3 is 2.43 bits per heavy atom. The molecule has 1 amide bonds. The highest BCUT2D eigenvalue weighted by Crippen LogP contribution is 2.33. The van der Waals surface area contributed by atoms with Gasteiger partial charge in [0.2, 0.25) is 0 Å². The van der Waals surface area contributed by atoms with Crippen LogP contribution in [0.15, 0.2) is 54.6 Å². The predicted molar refractivity (Wildman–Crippen MR) is 103 cm³/mol. The van der Waals surface area contributed by atoms with Gasteiger partial charge < -0.3 is 19.3 Å². The average molecular weight is 425 g/mol. The molecule has 0 radical (unpaired) electrons. The zero-order chi connectivity index (χ0) is 21.7. The van der Waals surface area contributed by atoms with Crippen molar-refractivity contribution in [2.75, 3.05) is 31.8 Å². The molecule has 3 rings (SSSR count). The monoisotopic (exact) mass is 425 g/mol. The van der Waals surface area contributed by atoms with E-state index < -0.39 is 24.3 Å². The second-order valence-corrected chi connectivity index (χ2v) is 6.88. The number of hydrogen-bond acceptors (Lipinski definition) is 5. The molecule has 3 atom stereocenters. The number of amides is 1. The number of carbonyl (C=O) groups excluding carboxylic acids is 1. The number of alkyl halides is 3. The van der Waals surface area contributed by atoms with Crippen LogP contribution in [-0.4, -0.2) is 56.5 Å². The molecule has 30 heavy (non-hydrogen) atoms. The third kappa shape index (κ3) is 5.22. The molecule has 0 aliphatic carbocycles. The summed E-state index contributed by atoms with van der Waals surface area (Å²) in [4.78, 5) is 13.4. The first-order chi connectivity index (χ1) is 14.3. The van der Waals surface area contributed by atoms with Crippen LogP contribution in [-0.2, 0) is 9.47 Å². The van der Waals surface area contributed by atoms with Crippen LogP contribution < -0.4 is 9.64 Å². The van der Waals surface area contributed by atoms with Gasteiger partial charge in [-0.1, -0.05) is 30.3 Å². The number of aliphatic hydroxyl groups excluding tert-OH is 1. The Balaban J connectivity index is 1.67. The second kappa shape index (κ2) is 9.36. The standard InChI is InChI=1S/C21H22F3NO5/c1-28-12-17-11-25(20(27)30-17)15-7-9-16(10-8-15)29-13-18(19(26)21(22,23)24)14-5-3-2-4-6-14/h2-10,17-19,26H,11-13H2,1H3/t17-,18?,19?/m1/s1. The molecule has 1 aliphatic heterocycles. The predicted octanol–water partition coefficient (Wildman–Crippen LogP) is 3.74. The van der Waals surface area contributed by atoms with Crippen LogP contribution in [0.2, 0.25) is 0 Å². The number of hydrogen-bond donors (Lipinski definition) is 1. The smallest absolute Gasteiger partial charge is 0.415 e. The topological polar surface area (TPSA) is 68.2 Å². The van der Waals surface area contributed by atoms with Gasteiger partial charge in [0, 0.05) is 12.8 Å². The van der Waals surface area contributed by atoms with Crippen LogP contribution in [0, 0.1) is 0 Å². The lowest BCUT2D eigenvalue weighted by atomic mass is 9.94. The van der Waals surface area contributed by atoms with Gasteiger partial charge in [-0.15, -0.1) is 0 Å². The van der Waals surface area contributed by atoms with Crippen LogP contribution in [0.25, 0.3) is 0 Å². The van der Waals surface area contributed by atoms with E-state index in [0.717, 1.165) is 0 Å². The van der Waals surface area contributed by atoms with E-state index in [9.17, 15) is 23.1 Å². The number of benzene rings is 2. The van der Waals surface area contributed by atoms with E-state index >= 15 is 0 Å².